The summed E-state index contributed by atoms with van der Waals surface area (Å²) in [5.41, 5.74) is 0. The van der Waals surface area contributed by atoms with Crippen molar-refractivity contribution in [3.05, 3.63) is 29.0 Å². The van der Waals surface area contributed by atoms with E-state index in [4.69, 9.17) is 18.9 Å². The quantitative estimate of drug-likeness (QED) is 0.479. The van der Waals surface area contributed by atoms with Gasteiger partial charge in [-0.05, 0) is 12.1 Å². The molecule has 1 aliphatic heterocycles. The van der Waals surface area contributed by atoms with Crippen molar-refractivity contribution in [2.45, 2.75) is 11.0 Å². The first-order valence-corrected chi connectivity index (χ1v) is 8.95. The van der Waals surface area contributed by atoms with Crippen LogP contribution in [0, 0.1) is 0 Å². The predicted octanol–water partition coefficient (Wildman–Crippen LogP) is -1.12. The van der Waals surface area contributed by atoms with Crippen LogP contribution in [0.4, 0.5) is 0 Å². The molecule has 1 aromatic carbocycles. The third-order valence-electron chi connectivity index (χ3n) is 3.16. The largest absolute Gasteiger partial charge is 1.00 e. The summed E-state index contributed by atoms with van der Waals surface area (Å²) in [7, 11) is -3.18. The fraction of sp³-hybridized carbons (Fsp3) is 0.286. The molecule has 2 aromatic rings. The van der Waals surface area contributed by atoms with Crippen molar-refractivity contribution in [2.75, 3.05) is 20.3 Å². The van der Waals surface area contributed by atoms with Gasteiger partial charge in [-0.15, -0.1) is 11.3 Å². The maximum Gasteiger partial charge on any atom is 1.00 e. The molecule has 1 aliphatic rings. The van der Waals surface area contributed by atoms with Crippen molar-refractivity contribution in [3.63, 3.8) is 0 Å². The Hall–Kier alpha value is -0.970. The summed E-state index contributed by atoms with van der Waals surface area (Å²) in [5, 5.41) is 3.70. The SMILES string of the molecule is COc1cc(S(=O)(=O)[O-])ccc1OCC1COc2cscc2O1.[Na+]. The van der Waals surface area contributed by atoms with E-state index in [1.165, 1.54) is 30.6 Å². The number of thiophene rings is 1. The Labute approximate surface area is 165 Å². The minimum Gasteiger partial charge on any atom is -0.744 e. The van der Waals surface area contributed by atoms with Crippen molar-refractivity contribution >= 4 is 21.5 Å². The van der Waals surface area contributed by atoms with E-state index in [2.05, 4.69) is 0 Å². The van der Waals surface area contributed by atoms with Gasteiger partial charge in [-0.3, -0.25) is 0 Å². The van der Waals surface area contributed by atoms with Crippen LogP contribution in [0.5, 0.6) is 23.0 Å². The average molecular weight is 380 g/mol. The molecule has 3 rings (SSSR count). The fourth-order valence-electron chi connectivity index (χ4n) is 2.05. The standard InChI is InChI=1S/C14H14O7S2.Na/c1-18-12-4-10(23(15,16)17)2-3-11(12)19-5-9-6-20-13-7-22-8-14(13)21-9;/h2-4,7-9H,5-6H2,1H3,(H,15,16,17);/q;+1/p-1. The van der Waals surface area contributed by atoms with E-state index in [0.29, 0.717) is 23.9 Å². The van der Waals surface area contributed by atoms with E-state index in [1.807, 2.05) is 10.8 Å². The molecule has 0 fully saturated rings. The van der Waals surface area contributed by atoms with Crippen LogP contribution in [0.3, 0.4) is 0 Å². The zero-order valence-electron chi connectivity index (χ0n) is 13.1. The molecule has 1 atom stereocenters. The average Bonchev–Trinajstić information content (AvgIpc) is 2.99. The van der Waals surface area contributed by atoms with Gasteiger partial charge in [-0.1, -0.05) is 0 Å². The number of methoxy groups -OCH3 is 1. The van der Waals surface area contributed by atoms with Crippen LogP contribution >= 0.6 is 11.3 Å². The van der Waals surface area contributed by atoms with Crippen molar-refractivity contribution in [3.8, 4) is 23.0 Å². The first kappa shape index (κ1) is 19.4. The summed E-state index contributed by atoms with van der Waals surface area (Å²) >= 11 is 1.48. The van der Waals surface area contributed by atoms with E-state index in [0.717, 1.165) is 6.07 Å². The first-order chi connectivity index (χ1) is 11.0. The molecule has 0 amide bonds. The van der Waals surface area contributed by atoms with Gasteiger partial charge in [-0.2, -0.15) is 0 Å². The summed E-state index contributed by atoms with van der Waals surface area (Å²) < 4.78 is 55.0. The second-order valence-corrected chi connectivity index (χ2v) is 6.85. The molecule has 0 radical (unpaired) electrons. The molecule has 10 heteroatoms. The molecule has 0 bridgehead atoms. The van der Waals surface area contributed by atoms with Crippen LogP contribution in [-0.2, 0) is 10.1 Å². The molecule has 0 spiro atoms. The molecule has 0 saturated heterocycles. The van der Waals surface area contributed by atoms with Crippen molar-refractivity contribution in [2.24, 2.45) is 0 Å². The predicted molar refractivity (Wildman–Crippen MR) is 80.7 cm³/mol. The Kier molecular flexibility index (Phi) is 6.40. The van der Waals surface area contributed by atoms with Gasteiger partial charge in [0.1, 0.15) is 23.3 Å². The zero-order chi connectivity index (χ0) is 16.4. The molecule has 1 unspecified atom stereocenters. The maximum absolute atomic E-state index is 11.0. The molecular formula is C14H13NaO7S2. The third-order valence-corrected chi connectivity index (χ3v) is 4.69. The van der Waals surface area contributed by atoms with Crippen molar-refractivity contribution in [1.29, 1.82) is 0 Å². The van der Waals surface area contributed by atoms with E-state index < -0.39 is 10.1 Å². The van der Waals surface area contributed by atoms with Gasteiger partial charge in [0.15, 0.2) is 29.1 Å². The Morgan fingerprint density at radius 1 is 1.29 bits per heavy atom. The number of ether oxygens (including phenoxy) is 4. The van der Waals surface area contributed by atoms with Crippen molar-refractivity contribution < 1.29 is 61.5 Å². The van der Waals surface area contributed by atoms with Crippen LogP contribution in [-0.4, -0.2) is 39.4 Å². The second kappa shape index (κ2) is 7.94. The van der Waals surface area contributed by atoms with Crippen LogP contribution in [0.1, 0.15) is 0 Å². The van der Waals surface area contributed by atoms with Crippen LogP contribution in [0.25, 0.3) is 0 Å². The number of rotatable bonds is 5. The Balaban J connectivity index is 0.00000208. The maximum atomic E-state index is 11.0. The Morgan fingerprint density at radius 2 is 2.04 bits per heavy atom. The Morgan fingerprint density at radius 3 is 2.75 bits per heavy atom. The number of hydrogen-bond donors (Lipinski definition) is 0. The summed E-state index contributed by atoms with van der Waals surface area (Å²) in [6, 6.07) is 3.69. The topological polar surface area (TPSA) is 94.1 Å². The summed E-state index contributed by atoms with van der Waals surface area (Å²) in [6.45, 7) is 0.536. The van der Waals surface area contributed by atoms with Gasteiger partial charge >= 0.3 is 29.6 Å². The minimum absolute atomic E-state index is 0. The molecule has 7 nitrogen and oxygen atoms in total. The number of fused-ring (bicyclic) bond motifs is 1. The normalized spacial score (nSPS) is 16.2. The Bertz CT molecular complexity index is 803. The molecule has 124 valence electrons. The molecule has 0 aliphatic carbocycles. The van der Waals surface area contributed by atoms with Gasteiger partial charge in [0.2, 0.25) is 0 Å². The number of hydrogen-bond acceptors (Lipinski definition) is 8. The van der Waals surface area contributed by atoms with Crippen molar-refractivity contribution in [1.82, 2.24) is 0 Å². The van der Waals surface area contributed by atoms with Gasteiger partial charge in [-0.25, -0.2) is 8.42 Å². The van der Waals surface area contributed by atoms with Gasteiger partial charge in [0, 0.05) is 16.8 Å². The second-order valence-electron chi connectivity index (χ2n) is 4.73. The first-order valence-electron chi connectivity index (χ1n) is 6.60. The van der Waals surface area contributed by atoms with E-state index in [1.54, 1.807) is 0 Å². The van der Waals surface area contributed by atoms with Crippen LogP contribution in [0.15, 0.2) is 33.9 Å². The smallest absolute Gasteiger partial charge is 0.744 e. The van der Waals surface area contributed by atoms with Crippen LogP contribution < -0.4 is 48.5 Å². The van der Waals surface area contributed by atoms with E-state index in [-0.39, 0.29) is 52.9 Å². The number of benzene rings is 1. The van der Waals surface area contributed by atoms with E-state index >= 15 is 0 Å². The van der Waals surface area contributed by atoms with Gasteiger partial charge < -0.3 is 23.5 Å². The summed E-state index contributed by atoms with van der Waals surface area (Å²) in [4.78, 5) is -0.373. The summed E-state index contributed by atoms with van der Waals surface area (Å²) in [6.07, 6.45) is -0.301. The molecule has 0 N–H and O–H groups in total. The monoisotopic (exact) mass is 380 g/mol. The van der Waals surface area contributed by atoms with Gasteiger partial charge in [0.25, 0.3) is 0 Å². The summed E-state index contributed by atoms with van der Waals surface area (Å²) in [5.74, 6) is 1.87. The molecular weight excluding hydrogens is 367 g/mol. The minimum atomic E-state index is -4.54. The molecule has 1 aromatic heterocycles. The fourth-order valence-corrected chi connectivity index (χ4v) is 3.21. The molecule has 24 heavy (non-hydrogen) atoms. The van der Waals surface area contributed by atoms with Gasteiger partial charge in [0.05, 0.1) is 12.0 Å². The molecule has 2 heterocycles. The third kappa shape index (κ3) is 4.35. The molecule has 0 saturated carbocycles. The van der Waals surface area contributed by atoms with Crippen LogP contribution in [0.2, 0.25) is 0 Å². The zero-order valence-corrected chi connectivity index (χ0v) is 16.7. The van der Waals surface area contributed by atoms with E-state index in [9.17, 15) is 13.0 Å².